The normalized spacial score (nSPS) is 20.5. The summed E-state index contributed by atoms with van der Waals surface area (Å²) >= 11 is 4.69. The molecule has 0 saturated heterocycles. The number of benzene rings is 2. The molecule has 1 amide bonds. The second kappa shape index (κ2) is 7.21. The lowest BCUT2D eigenvalue weighted by Crippen LogP contribution is -2.50. The van der Waals surface area contributed by atoms with Gasteiger partial charge in [-0.2, -0.15) is 0 Å². The zero-order valence-electron chi connectivity index (χ0n) is 14.1. The van der Waals surface area contributed by atoms with Crippen LogP contribution in [0.4, 0.5) is 5.69 Å². The first-order valence-electron chi connectivity index (χ1n) is 7.96. The summed E-state index contributed by atoms with van der Waals surface area (Å²) in [6.07, 6.45) is 0. The van der Waals surface area contributed by atoms with Crippen LogP contribution in [-0.4, -0.2) is 18.5 Å². The molecule has 0 spiro atoms. The summed E-state index contributed by atoms with van der Waals surface area (Å²) < 4.78 is 5.20. The number of nitrogens with one attached hydrogen (secondary N) is 1. The molecule has 0 saturated carbocycles. The lowest BCUT2D eigenvalue weighted by Gasteiger charge is -2.41. The number of allylic oxidation sites excluding steroid dienone is 1. The quantitative estimate of drug-likeness (QED) is 0.738. The van der Waals surface area contributed by atoms with E-state index < -0.39 is 5.91 Å². The van der Waals surface area contributed by atoms with E-state index in [2.05, 4.69) is 17.9 Å². The van der Waals surface area contributed by atoms with E-state index in [9.17, 15) is 4.79 Å². The largest absolute Gasteiger partial charge is 0.497 e. The monoisotopic (exact) mass is 355 g/mol. The second-order valence-electron chi connectivity index (χ2n) is 5.82. The fraction of sp³-hybridized carbons (Fsp3) is 0.211. The molecular weight excluding hydrogens is 334 g/mol. The van der Waals surface area contributed by atoms with Crippen LogP contribution in [0.25, 0.3) is 0 Å². The Hall–Kier alpha value is -2.44. The van der Waals surface area contributed by atoms with Gasteiger partial charge in [0.25, 0.3) is 0 Å². The van der Waals surface area contributed by atoms with E-state index in [-0.39, 0.29) is 11.5 Å². The van der Waals surface area contributed by atoms with Crippen molar-refractivity contribution in [2.24, 2.45) is 5.73 Å². The summed E-state index contributed by atoms with van der Waals surface area (Å²) in [4.78, 5) is 14.2. The number of rotatable bonds is 4. The molecule has 0 radical (unpaired) electrons. The third kappa shape index (κ3) is 3.36. The van der Waals surface area contributed by atoms with Gasteiger partial charge in [0.1, 0.15) is 11.2 Å². The maximum Gasteiger partial charge on any atom is 0.248 e. The first-order valence-corrected chi connectivity index (χ1v) is 8.47. The van der Waals surface area contributed by atoms with Gasteiger partial charge in [-0.3, -0.25) is 10.1 Å². The summed E-state index contributed by atoms with van der Waals surface area (Å²) in [6, 6.07) is 17.0. The zero-order valence-corrected chi connectivity index (χ0v) is 15.0. The fourth-order valence-electron chi connectivity index (χ4n) is 3.13. The maximum atomic E-state index is 12.2. The van der Waals surface area contributed by atoms with Crippen molar-refractivity contribution < 1.29 is 9.53 Å². The number of thiol groups is 1. The van der Waals surface area contributed by atoms with Crippen LogP contribution in [0.5, 0.6) is 5.75 Å². The highest BCUT2D eigenvalue weighted by Crippen LogP contribution is 2.36. The van der Waals surface area contributed by atoms with Gasteiger partial charge in [0.15, 0.2) is 0 Å². The Kier molecular flexibility index (Phi) is 5.01. The van der Waals surface area contributed by atoms with Gasteiger partial charge in [-0.1, -0.05) is 30.3 Å². The highest BCUT2D eigenvalue weighted by Gasteiger charge is 2.34. The predicted octanol–water partition coefficient (Wildman–Crippen LogP) is 2.82. The van der Waals surface area contributed by atoms with E-state index in [1.54, 1.807) is 7.11 Å². The van der Waals surface area contributed by atoms with Crippen LogP contribution in [0.2, 0.25) is 0 Å². The van der Waals surface area contributed by atoms with Crippen molar-refractivity contribution in [3.63, 3.8) is 0 Å². The molecule has 25 heavy (non-hydrogen) atoms. The van der Waals surface area contributed by atoms with Crippen LogP contribution < -0.4 is 20.7 Å². The number of nitrogens with zero attached hydrogens (tertiary/aromatic N) is 1. The molecule has 0 bridgehead atoms. The number of primary amides is 1. The Balaban J connectivity index is 2.06. The first kappa shape index (κ1) is 17.4. The van der Waals surface area contributed by atoms with Crippen LogP contribution >= 0.6 is 12.6 Å². The van der Waals surface area contributed by atoms with Crippen LogP contribution in [0.15, 0.2) is 65.9 Å². The Labute approximate surface area is 152 Å². The molecule has 1 heterocycles. The van der Waals surface area contributed by atoms with Gasteiger partial charge in [-0.15, -0.1) is 12.6 Å². The molecule has 1 aliphatic rings. The van der Waals surface area contributed by atoms with Gasteiger partial charge >= 0.3 is 0 Å². The molecule has 6 heteroatoms. The minimum Gasteiger partial charge on any atom is -0.497 e. The van der Waals surface area contributed by atoms with E-state index >= 15 is 0 Å². The van der Waals surface area contributed by atoms with Crippen LogP contribution in [0.1, 0.15) is 18.5 Å². The number of carbonyl (C=O) groups is 1. The van der Waals surface area contributed by atoms with Crippen LogP contribution in [-0.2, 0) is 4.79 Å². The molecule has 0 aliphatic carbocycles. The first-order chi connectivity index (χ1) is 12.0. The van der Waals surface area contributed by atoms with Crippen molar-refractivity contribution >= 4 is 24.2 Å². The summed E-state index contributed by atoms with van der Waals surface area (Å²) in [5, 5.41) is 3.37. The topological polar surface area (TPSA) is 67.6 Å². The molecule has 2 aromatic rings. The van der Waals surface area contributed by atoms with Gasteiger partial charge in [0, 0.05) is 11.4 Å². The summed E-state index contributed by atoms with van der Waals surface area (Å²) in [7, 11) is 1.62. The molecular formula is C19H21N3O2S. The minimum atomic E-state index is -0.452. The molecule has 2 aromatic carbocycles. The number of anilines is 1. The number of methoxy groups -OCH3 is 1. The minimum absolute atomic E-state index is 0.294. The van der Waals surface area contributed by atoms with Gasteiger partial charge in [-0.25, -0.2) is 0 Å². The van der Waals surface area contributed by atoms with E-state index in [0.29, 0.717) is 5.57 Å². The van der Waals surface area contributed by atoms with Crippen LogP contribution in [0, 0.1) is 0 Å². The number of nitrogens with two attached hydrogens (primary N) is 1. The standard InChI is InChI=1S/C19H21N3O2S/c1-12-16(18(20)23)17(13-8-10-15(24-2)11-9-13)21-19(25)22(12)14-6-4-3-5-7-14/h3-11,17,19,21,25H,1-2H3,(H2,20,23). The summed E-state index contributed by atoms with van der Waals surface area (Å²) in [5.41, 5.74) is 8.61. The number of para-hydroxylation sites is 1. The Bertz CT molecular complexity index is 790. The SMILES string of the molecule is COc1ccc(C2NC(S)N(c3ccccc3)C(C)=C2C(N)=O)cc1. The molecule has 2 atom stereocenters. The van der Waals surface area contributed by atoms with E-state index in [1.807, 2.05) is 66.4 Å². The number of ether oxygens (including phenoxy) is 1. The van der Waals surface area contributed by atoms with Gasteiger partial charge < -0.3 is 15.4 Å². The highest BCUT2D eigenvalue weighted by molar-refractivity contribution is 7.81. The zero-order chi connectivity index (χ0) is 18.0. The van der Waals surface area contributed by atoms with Gasteiger partial charge in [0.05, 0.1) is 18.7 Å². The maximum absolute atomic E-state index is 12.2. The Morgan fingerprint density at radius 1 is 1.16 bits per heavy atom. The summed E-state index contributed by atoms with van der Waals surface area (Å²) in [6.45, 7) is 1.90. The van der Waals surface area contributed by atoms with E-state index in [1.165, 1.54) is 0 Å². The van der Waals surface area contributed by atoms with Crippen molar-refractivity contribution in [3.05, 3.63) is 71.4 Å². The smallest absolute Gasteiger partial charge is 0.248 e. The van der Waals surface area contributed by atoms with Gasteiger partial charge in [-0.05, 0) is 36.8 Å². The average molecular weight is 355 g/mol. The molecule has 3 rings (SSSR count). The second-order valence-corrected chi connectivity index (χ2v) is 6.30. The number of hydrogen-bond acceptors (Lipinski definition) is 5. The fourth-order valence-corrected chi connectivity index (χ4v) is 3.59. The van der Waals surface area contributed by atoms with Gasteiger partial charge in [0.2, 0.25) is 5.91 Å². The third-order valence-corrected chi connectivity index (χ3v) is 4.73. The van der Waals surface area contributed by atoms with E-state index in [4.69, 9.17) is 10.5 Å². The molecule has 3 N–H and O–H groups in total. The number of hydrogen-bond donors (Lipinski definition) is 3. The molecule has 130 valence electrons. The highest BCUT2D eigenvalue weighted by atomic mass is 32.1. The lowest BCUT2D eigenvalue weighted by molar-refractivity contribution is -0.115. The molecule has 1 aliphatic heterocycles. The number of carbonyl (C=O) groups excluding carboxylic acids is 1. The molecule has 2 unspecified atom stereocenters. The average Bonchev–Trinajstić information content (AvgIpc) is 2.62. The lowest BCUT2D eigenvalue weighted by atomic mass is 9.94. The summed E-state index contributed by atoms with van der Waals surface area (Å²) in [5.74, 6) is 0.307. The van der Waals surface area contributed by atoms with Crippen molar-refractivity contribution in [2.45, 2.75) is 18.5 Å². The van der Waals surface area contributed by atoms with E-state index in [0.717, 1.165) is 22.7 Å². The number of amides is 1. The van der Waals surface area contributed by atoms with Crippen molar-refractivity contribution in [1.29, 1.82) is 0 Å². The van der Waals surface area contributed by atoms with Crippen molar-refractivity contribution in [2.75, 3.05) is 12.0 Å². The Morgan fingerprint density at radius 2 is 1.80 bits per heavy atom. The molecule has 5 nitrogen and oxygen atoms in total. The van der Waals surface area contributed by atoms with Crippen molar-refractivity contribution in [3.8, 4) is 5.75 Å². The van der Waals surface area contributed by atoms with Crippen LogP contribution in [0.3, 0.4) is 0 Å². The molecule has 0 aromatic heterocycles. The molecule has 0 fully saturated rings. The third-order valence-electron chi connectivity index (χ3n) is 4.35. The van der Waals surface area contributed by atoms with Crippen molar-refractivity contribution in [1.82, 2.24) is 5.32 Å². The predicted molar refractivity (Wildman–Crippen MR) is 102 cm³/mol. The Morgan fingerprint density at radius 3 is 2.36 bits per heavy atom.